The van der Waals surface area contributed by atoms with Crippen molar-refractivity contribution in [3.63, 3.8) is 0 Å². The Kier molecular flexibility index (Phi) is 4.48. The average molecular weight is 460 g/mol. The molecule has 0 aromatic heterocycles. The average Bonchev–Trinajstić information content (AvgIpc) is 3.16. The van der Waals surface area contributed by atoms with Crippen molar-refractivity contribution in [3.8, 4) is 22.3 Å². The van der Waals surface area contributed by atoms with Crippen molar-refractivity contribution < 1.29 is 4.92 Å². The van der Waals surface area contributed by atoms with Crippen LogP contribution in [0, 0.1) is 27.9 Å². The van der Waals surface area contributed by atoms with E-state index in [4.69, 9.17) is 0 Å². The van der Waals surface area contributed by atoms with Crippen molar-refractivity contribution in [2.24, 2.45) is 17.8 Å². The number of nitro groups is 1. The van der Waals surface area contributed by atoms with Gasteiger partial charge in [0.25, 0.3) is 5.69 Å². The van der Waals surface area contributed by atoms with Crippen molar-refractivity contribution in [2.75, 3.05) is 0 Å². The molecule has 3 aliphatic carbocycles. The number of fused-ring (bicyclic) bond motifs is 9. The summed E-state index contributed by atoms with van der Waals surface area (Å²) in [7, 11) is 0. The molecule has 0 amide bonds. The molecule has 2 bridgehead atoms. The number of rotatable bonds is 2. The lowest BCUT2D eigenvalue weighted by Crippen LogP contribution is -2.44. The van der Waals surface area contributed by atoms with Crippen molar-refractivity contribution >= 4 is 16.5 Å². The summed E-state index contributed by atoms with van der Waals surface area (Å²) in [5, 5.41) is 14.2. The number of hydrogen-bond donors (Lipinski definition) is 0. The van der Waals surface area contributed by atoms with Crippen LogP contribution in [-0.4, -0.2) is 4.92 Å². The van der Waals surface area contributed by atoms with E-state index < -0.39 is 0 Å². The highest BCUT2D eigenvalue weighted by atomic mass is 16.6. The van der Waals surface area contributed by atoms with Crippen LogP contribution < -0.4 is 0 Å². The molecule has 0 saturated heterocycles. The molecule has 2 saturated carbocycles. The molecule has 0 aliphatic heterocycles. The van der Waals surface area contributed by atoms with Gasteiger partial charge in [0.15, 0.2) is 0 Å². The predicted molar refractivity (Wildman–Crippen MR) is 141 cm³/mol. The lowest BCUT2D eigenvalue weighted by atomic mass is 9.53. The Morgan fingerprint density at radius 1 is 0.800 bits per heavy atom. The van der Waals surface area contributed by atoms with Crippen molar-refractivity contribution in [1.29, 1.82) is 0 Å². The topological polar surface area (TPSA) is 43.1 Å². The van der Waals surface area contributed by atoms with Gasteiger partial charge in [0, 0.05) is 11.5 Å². The van der Waals surface area contributed by atoms with Gasteiger partial charge in [-0.2, -0.15) is 0 Å². The van der Waals surface area contributed by atoms with Gasteiger partial charge in [-0.1, -0.05) is 73.7 Å². The first-order valence-corrected chi connectivity index (χ1v) is 13.0. The highest BCUT2D eigenvalue weighted by Gasteiger charge is 2.53. The minimum atomic E-state index is -0.216. The van der Waals surface area contributed by atoms with Gasteiger partial charge in [0.2, 0.25) is 0 Å². The van der Waals surface area contributed by atoms with Crippen molar-refractivity contribution in [1.82, 2.24) is 0 Å². The lowest BCUT2D eigenvalue weighted by molar-refractivity contribution is -0.384. The zero-order valence-electron chi connectivity index (χ0n) is 20.0. The van der Waals surface area contributed by atoms with Gasteiger partial charge in [-0.3, -0.25) is 10.1 Å². The SMILES string of the molecule is CC1CC2CCC3(c4ccccc4-c4c(-c5cc6ccccc6cc5[N+](=O)[O-])cccc43)C(C1)C2. The van der Waals surface area contributed by atoms with Gasteiger partial charge in [-0.05, 0) is 94.5 Å². The van der Waals surface area contributed by atoms with Crippen LogP contribution in [0.1, 0.15) is 50.2 Å². The normalized spacial score (nSPS) is 26.5. The minimum Gasteiger partial charge on any atom is -0.258 e. The third-order valence-corrected chi connectivity index (χ3v) is 9.26. The zero-order chi connectivity index (χ0) is 23.7. The highest BCUT2D eigenvalue weighted by Crippen LogP contribution is 2.63. The third kappa shape index (κ3) is 2.90. The fraction of sp³-hybridized carbons (Fsp3) is 0.312. The fourth-order valence-electron chi connectivity index (χ4n) is 8.00. The molecule has 2 fully saturated rings. The summed E-state index contributed by atoms with van der Waals surface area (Å²) in [4.78, 5) is 12.0. The molecule has 4 unspecified atom stereocenters. The molecule has 174 valence electrons. The summed E-state index contributed by atoms with van der Waals surface area (Å²) < 4.78 is 0. The van der Waals surface area contributed by atoms with Crippen LogP contribution in [0.15, 0.2) is 78.9 Å². The molecule has 0 N–H and O–H groups in total. The monoisotopic (exact) mass is 459 g/mol. The van der Waals surface area contributed by atoms with E-state index in [1.54, 1.807) is 6.07 Å². The van der Waals surface area contributed by atoms with Crippen LogP contribution in [-0.2, 0) is 5.41 Å². The molecular weight excluding hydrogens is 430 g/mol. The van der Waals surface area contributed by atoms with Crippen LogP contribution in [0.25, 0.3) is 33.0 Å². The molecule has 0 heterocycles. The molecule has 4 atom stereocenters. The Morgan fingerprint density at radius 2 is 1.51 bits per heavy atom. The maximum absolute atomic E-state index is 12.3. The summed E-state index contributed by atoms with van der Waals surface area (Å²) in [5.74, 6) is 2.24. The molecule has 35 heavy (non-hydrogen) atoms. The van der Waals surface area contributed by atoms with Crippen LogP contribution in [0.3, 0.4) is 0 Å². The molecular formula is C32H29NO2. The summed E-state index contributed by atoms with van der Waals surface area (Å²) in [6.45, 7) is 2.43. The lowest BCUT2D eigenvalue weighted by Gasteiger charge is -2.50. The van der Waals surface area contributed by atoms with E-state index in [0.29, 0.717) is 5.92 Å². The maximum Gasteiger partial charge on any atom is 0.277 e. The maximum atomic E-state index is 12.3. The standard InChI is InChI=1S/C32H29NO2/c1-20-15-21-13-14-32(24(16-20)17-21)28-11-5-4-9-26(28)31-25(10-6-12-29(31)32)27-18-22-7-2-3-8-23(22)19-30(27)33(34)35/h2-12,18-21,24H,13-17H2,1H3. The van der Waals surface area contributed by atoms with Gasteiger partial charge in [0.1, 0.15) is 0 Å². The molecule has 3 heteroatoms. The van der Waals surface area contributed by atoms with E-state index in [0.717, 1.165) is 33.7 Å². The fourth-order valence-corrected chi connectivity index (χ4v) is 8.00. The first-order valence-electron chi connectivity index (χ1n) is 13.0. The molecule has 1 spiro atoms. The number of nitro benzene ring substituents is 1. The summed E-state index contributed by atoms with van der Waals surface area (Å²) in [6, 6.07) is 27.2. The molecule has 3 aliphatic rings. The third-order valence-electron chi connectivity index (χ3n) is 9.26. The zero-order valence-corrected chi connectivity index (χ0v) is 20.0. The Balaban J connectivity index is 1.52. The van der Waals surface area contributed by atoms with E-state index in [2.05, 4.69) is 49.4 Å². The van der Waals surface area contributed by atoms with Crippen LogP contribution in [0.5, 0.6) is 0 Å². The second-order valence-corrected chi connectivity index (χ2v) is 11.1. The molecule has 4 aromatic carbocycles. The van der Waals surface area contributed by atoms with Crippen LogP contribution in [0.2, 0.25) is 0 Å². The van der Waals surface area contributed by atoms with E-state index >= 15 is 0 Å². The Hall–Kier alpha value is -3.46. The second kappa shape index (κ2) is 7.52. The number of nitrogens with zero attached hydrogens (tertiary/aromatic N) is 1. The first-order chi connectivity index (χ1) is 17.1. The number of hydrogen-bond acceptors (Lipinski definition) is 2. The number of benzene rings is 4. The quantitative estimate of drug-likeness (QED) is 0.223. The summed E-state index contributed by atoms with van der Waals surface area (Å²) in [6.07, 6.45) is 6.39. The van der Waals surface area contributed by atoms with Gasteiger partial charge < -0.3 is 0 Å². The first kappa shape index (κ1) is 20.9. The van der Waals surface area contributed by atoms with E-state index in [-0.39, 0.29) is 16.0 Å². The summed E-state index contributed by atoms with van der Waals surface area (Å²) in [5.41, 5.74) is 7.28. The molecule has 3 nitrogen and oxygen atoms in total. The van der Waals surface area contributed by atoms with E-state index in [1.165, 1.54) is 54.4 Å². The van der Waals surface area contributed by atoms with Crippen molar-refractivity contribution in [3.05, 3.63) is 100 Å². The van der Waals surface area contributed by atoms with E-state index in [9.17, 15) is 10.1 Å². The van der Waals surface area contributed by atoms with Gasteiger partial charge >= 0.3 is 0 Å². The Morgan fingerprint density at radius 3 is 2.34 bits per heavy atom. The second-order valence-electron chi connectivity index (χ2n) is 11.1. The largest absolute Gasteiger partial charge is 0.277 e. The smallest absolute Gasteiger partial charge is 0.258 e. The van der Waals surface area contributed by atoms with E-state index in [1.807, 2.05) is 30.3 Å². The highest BCUT2D eigenvalue weighted by molar-refractivity contribution is 5.99. The Labute approximate surface area is 206 Å². The minimum absolute atomic E-state index is 0.0265. The van der Waals surface area contributed by atoms with Crippen molar-refractivity contribution in [2.45, 2.75) is 44.4 Å². The molecule has 0 radical (unpaired) electrons. The van der Waals surface area contributed by atoms with Gasteiger partial charge in [-0.25, -0.2) is 0 Å². The predicted octanol–water partition coefficient (Wildman–Crippen LogP) is 8.53. The Bertz CT molecular complexity index is 1500. The van der Waals surface area contributed by atoms with Crippen LogP contribution in [0.4, 0.5) is 5.69 Å². The van der Waals surface area contributed by atoms with Gasteiger partial charge in [0.05, 0.1) is 10.5 Å². The summed E-state index contributed by atoms with van der Waals surface area (Å²) >= 11 is 0. The molecule has 4 aromatic rings. The molecule has 7 rings (SSSR count). The van der Waals surface area contributed by atoms with Crippen LogP contribution >= 0.6 is 0 Å². The van der Waals surface area contributed by atoms with Gasteiger partial charge in [-0.15, -0.1) is 0 Å².